The van der Waals surface area contributed by atoms with Gasteiger partial charge in [-0.15, -0.1) is 0 Å². The maximum Gasteiger partial charge on any atom is 0.396 e. The summed E-state index contributed by atoms with van der Waals surface area (Å²) in [6, 6.07) is 0. The maximum atomic E-state index is 12.2. The van der Waals surface area contributed by atoms with Crippen LogP contribution in [0.1, 0.15) is 6.42 Å². The Morgan fingerprint density at radius 2 is 2.14 bits per heavy atom. The van der Waals surface area contributed by atoms with E-state index < -0.39 is 36.6 Å². The van der Waals surface area contributed by atoms with Crippen LogP contribution in [0.25, 0.3) is 0 Å². The van der Waals surface area contributed by atoms with E-state index >= 15 is 0 Å². The SMILES string of the molecule is COC(=O)C1OC(=O)CC1C(F)(F)F. The van der Waals surface area contributed by atoms with E-state index in [1.165, 1.54) is 0 Å². The van der Waals surface area contributed by atoms with Crippen molar-refractivity contribution in [3.8, 4) is 0 Å². The number of esters is 2. The standard InChI is InChI=1S/C7H7F3O4/c1-13-6(12)5-3(7(8,9)10)2-4(11)14-5/h3,5H,2H2,1H3. The summed E-state index contributed by atoms with van der Waals surface area (Å²) >= 11 is 0. The van der Waals surface area contributed by atoms with E-state index in [-0.39, 0.29) is 0 Å². The van der Waals surface area contributed by atoms with Gasteiger partial charge in [0.2, 0.25) is 6.10 Å². The van der Waals surface area contributed by atoms with Gasteiger partial charge in [0, 0.05) is 0 Å². The van der Waals surface area contributed by atoms with Crippen LogP contribution >= 0.6 is 0 Å². The van der Waals surface area contributed by atoms with E-state index in [1.807, 2.05) is 0 Å². The lowest BCUT2D eigenvalue weighted by molar-refractivity contribution is -0.196. The number of rotatable bonds is 1. The van der Waals surface area contributed by atoms with Gasteiger partial charge in [-0.25, -0.2) is 4.79 Å². The molecule has 0 bridgehead atoms. The largest absolute Gasteiger partial charge is 0.466 e. The molecule has 1 fully saturated rings. The molecule has 80 valence electrons. The molecule has 0 amide bonds. The molecule has 14 heavy (non-hydrogen) atoms. The van der Waals surface area contributed by atoms with Crippen LogP contribution in [0, 0.1) is 5.92 Å². The van der Waals surface area contributed by atoms with Gasteiger partial charge in [-0.1, -0.05) is 0 Å². The normalized spacial score (nSPS) is 27.3. The molecule has 1 rings (SSSR count). The summed E-state index contributed by atoms with van der Waals surface area (Å²) in [5.74, 6) is -4.32. The second-order valence-electron chi connectivity index (χ2n) is 2.79. The fourth-order valence-electron chi connectivity index (χ4n) is 1.17. The Hall–Kier alpha value is -1.27. The fourth-order valence-corrected chi connectivity index (χ4v) is 1.17. The van der Waals surface area contributed by atoms with Gasteiger partial charge in [0.15, 0.2) is 0 Å². The van der Waals surface area contributed by atoms with Crippen molar-refractivity contribution in [1.82, 2.24) is 0 Å². The second-order valence-corrected chi connectivity index (χ2v) is 2.79. The number of cyclic esters (lactones) is 1. The van der Waals surface area contributed by atoms with E-state index in [2.05, 4.69) is 9.47 Å². The minimum Gasteiger partial charge on any atom is -0.466 e. The zero-order valence-electron chi connectivity index (χ0n) is 7.13. The van der Waals surface area contributed by atoms with Crippen molar-refractivity contribution < 1.29 is 32.2 Å². The van der Waals surface area contributed by atoms with Crippen LogP contribution in [0.4, 0.5) is 13.2 Å². The van der Waals surface area contributed by atoms with Crippen LogP contribution in [-0.2, 0) is 19.1 Å². The lowest BCUT2D eigenvalue weighted by atomic mass is 10.0. The van der Waals surface area contributed by atoms with Crippen LogP contribution in [0.2, 0.25) is 0 Å². The lowest BCUT2D eigenvalue weighted by Crippen LogP contribution is -2.36. The second kappa shape index (κ2) is 3.47. The van der Waals surface area contributed by atoms with Gasteiger partial charge in [0.1, 0.15) is 5.92 Å². The van der Waals surface area contributed by atoms with Gasteiger partial charge in [0.05, 0.1) is 13.5 Å². The third kappa shape index (κ3) is 1.97. The molecule has 4 nitrogen and oxygen atoms in total. The van der Waals surface area contributed by atoms with Gasteiger partial charge in [-0.2, -0.15) is 13.2 Å². The average molecular weight is 212 g/mol. The Kier molecular flexibility index (Phi) is 2.68. The lowest BCUT2D eigenvalue weighted by Gasteiger charge is -2.17. The maximum absolute atomic E-state index is 12.2. The van der Waals surface area contributed by atoms with Crippen LogP contribution in [-0.4, -0.2) is 31.3 Å². The molecule has 0 aromatic rings. The first kappa shape index (κ1) is 10.8. The summed E-state index contributed by atoms with van der Waals surface area (Å²) in [5, 5.41) is 0. The van der Waals surface area contributed by atoms with Gasteiger partial charge in [-0.05, 0) is 0 Å². The number of hydrogen-bond donors (Lipinski definition) is 0. The Balaban J connectivity index is 2.83. The first-order valence-corrected chi connectivity index (χ1v) is 3.70. The number of carbonyl (C=O) groups excluding carboxylic acids is 2. The third-order valence-electron chi connectivity index (χ3n) is 1.86. The van der Waals surface area contributed by atoms with Crippen LogP contribution < -0.4 is 0 Å². The Morgan fingerprint density at radius 1 is 1.57 bits per heavy atom. The zero-order valence-corrected chi connectivity index (χ0v) is 7.13. The summed E-state index contributed by atoms with van der Waals surface area (Å²) < 4.78 is 45.0. The van der Waals surface area contributed by atoms with Crippen molar-refractivity contribution in [2.24, 2.45) is 5.92 Å². The van der Waals surface area contributed by atoms with Gasteiger partial charge in [0.25, 0.3) is 0 Å². The van der Waals surface area contributed by atoms with Crippen LogP contribution in [0.5, 0.6) is 0 Å². The minimum atomic E-state index is -4.63. The molecule has 1 heterocycles. The molecule has 0 aromatic carbocycles. The monoisotopic (exact) mass is 212 g/mol. The first-order chi connectivity index (χ1) is 6.36. The highest BCUT2D eigenvalue weighted by Gasteiger charge is 2.55. The summed E-state index contributed by atoms with van der Waals surface area (Å²) in [7, 11) is 0.932. The third-order valence-corrected chi connectivity index (χ3v) is 1.86. The van der Waals surface area contributed by atoms with E-state index in [9.17, 15) is 22.8 Å². The van der Waals surface area contributed by atoms with Gasteiger partial charge in [-0.3, -0.25) is 4.79 Å². The number of ether oxygens (including phenoxy) is 2. The highest BCUT2D eigenvalue weighted by molar-refractivity contribution is 5.83. The molecule has 7 heteroatoms. The number of carbonyl (C=O) groups is 2. The molecule has 1 saturated heterocycles. The number of hydrogen-bond acceptors (Lipinski definition) is 4. The summed E-state index contributed by atoms with van der Waals surface area (Å²) in [4.78, 5) is 21.4. The Labute approximate surface area is 77.0 Å². The van der Waals surface area contributed by atoms with Crippen LogP contribution in [0.15, 0.2) is 0 Å². The van der Waals surface area contributed by atoms with E-state index in [4.69, 9.17) is 0 Å². The van der Waals surface area contributed by atoms with Gasteiger partial charge >= 0.3 is 18.1 Å². The average Bonchev–Trinajstić information content (AvgIpc) is 2.45. The summed E-state index contributed by atoms with van der Waals surface area (Å²) in [6.45, 7) is 0. The topological polar surface area (TPSA) is 52.6 Å². The summed E-state index contributed by atoms with van der Waals surface area (Å²) in [5.41, 5.74) is 0. The quantitative estimate of drug-likeness (QED) is 0.599. The molecule has 2 unspecified atom stereocenters. The van der Waals surface area contributed by atoms with Crippen molar-refractivity contribution in [2.45, 2.75) is 18.7 Å². The predicted molar refractivity (Wildman–Crippen MR) is 36.1 cm³/mol. The van der Waals surface area contributed by atoms with Crippen molar-refractivity contribution in [1.29, 1.82) is 0 Å². The van der Waals surface area contributed by atoms with E-state index in [0.29, 0.717) is 0 Å². The highest BCUT2D eigenvalue weighted by atomic mass is 19.4. The van der Waals surface area contributed by atoms with Gasteiger partial charge < -0.3 is 9.47 Å². The van der Waals surface area contributed by atoms with E-state index in [0.717, 1.165) is 7.11 Å². The molecule has 1 aliphatic rings. The highest BCUT2D eigenvalue weighted by Crippen LogP contribution is 2.37. The molecule has 1 aliphatic heterocycles. The molecule has 0 radical (unpaired) electrons. The number of methoxy groups -OCH3 is 1. The Bertz CT molecular complexity index is 260. The molecular formula is C7H7F3O4. The van der Waals surface area contributed by atoms with Crippen LogP contribution in [0.3, 0.4) is 0 Å². The minimum absolute atomic E-state index is 0.830. The first-order valence-electron chi connectivity index (χ1n) is 3.70. The number of halogens is 3. The molecule has 0 N–H and O–H groups in total. The number of alkyl halides is 3. The smallest absolute Gasteiger partial charge is 0.396 e. The molecule has 2 atom stereocenters. The molecule has 0 spiro atoms. The molecule has 0 saturated carbocycles. The molecular weight excluding hydrogens is 205 g/mol. The summed E-state index contributed by atoms with van der Waals surface area (Å²) in [6.07, 6.45) is -7.32. The zero-order chi connectivity index (χ0) is 10.9. The molecule has 0 aliphatic carbocycles. The van der Waals surface area contributed by atoms with Crippen molar-refractivity contribution in [3.63, 3.8) is 0 Å². The van der Waals surface area contributed by atoms with Crippen molar-refractivity contribution in [3.05, 3.63) is 0 Å². The fraction of sp³-hybridized carbons (Fsp3) is 0.714. The van der Waals surface area contributed by atoms with E-state index in [1.54, 1.807) is 0 Å². The van der Waals surface area contributed by atoms with Crippen molar-refractivity contribution in [2.75, 3.05) is 7.11 Å². The predicted octanol–water partition coefficient (Wildman–Crippen LogP) is 0.653. The molecule has 0 aromatic heterocycles. The van der Waals surface area contributed by atoms with Crippen molar-refractivity contribution >= 4 is 11.9 Å². The Morgan fingerprint density at radius 3 is 2.57 bits per heavy atom.